The second kappa shape index (κ2) is 6.70. The number of amides is 1. The fourth-order valence-electron chi connectivity index (χ4n) is 2.60. The number of benzene rings is 1. The number of hydrogen-bond donors (Lipinski definition) is 2. The van der Waals surface area contributed by atoms with E-state index < -0.39 is 5.97 Å². The van der Waals surface area contributed by atoms with Crippen LogP contribution in [-0.2, 0) is 4.79 Å². The Morgan fingerprint density at radius 1 is 1.25 bits per heavy atom. The number of carbonyl (C=O) groups is 2. The van der Waals surface area contributed by atoms with Gasteiger partial charge in [0.15, 0.2) is 0 Å². The van der Waals surface area contributed by atoms with Gasteiger partial charge in [0, 0.05) is 18.0 Å². The molecule has 1 aromatic heterocycles. The third-order valence-electron chi connectivity index (χ3n) is 4.00. The van der Waals surface area contributed by atoms with Crippen molar-refractivity contribution < 1.29 is 19.4 Å². The van der Waals surface area contributed by atoms with Gasteiger partial charge in [-0.3, -0.25) is 9.59 Å². The summed E-state index contributed by atoms with van der Waals surface area (Å²) in [4.78, 5) is 27.2. The lowest BCUT2D eigenvalue weighted by Gasteiger charge is -2.07. The quantitative estimate of drug-likeness (QED) is 0.852. The summed E-state index contributed by atoms with van der Waals surface area (Å²) in [7, 11) is 0. The highest BCUT2D eigenvalue weighted by Crippen LogP contribution is 2.47. The number of nitrogens with one attached hydrogen (secondary N) is 1. The number of carboxylic acids is 1. The van der Waals surface area contributed by atoms with Crippen molar-refractivity contribution in [3.05, 3.63) is 53.7 Å². The molecule has 1 amide bonds. The Labute approximate surface area is 139 Å². The molecule has 2 atom stereocenters. The highest BCUT2D eigenvalue weighted by molar-refractivity contribution is 6.04. The van der Waals surface area contributed by atoms with Gasteiger partial charge in [0.1, 0.15) is 0 Å². The second-order valence-corrected chi connectivity index (χ2v) is 5.68. The van der Waals surface area contributed by atoms with Crippen LogP contribution < -0.4 is 10.1 Å². The molecule has 1 aliphatic rings. The monoisotopic (exact) mass is 326 g/mol. The zero-order valence-electron chi connectivity index (χ0n) is 13.2. The van der Waals surface area contributed by atoms with Gasteiger partial charge in [0.25, 0.3) is 5.91 Å². The van der Waals surface area contributed by atoms with Gasteiger partial charge in [0.05, 0.1) is 18.1 Å². The van der Waals surface area contributed by atoms with Gasteiger partial charge in [-0.05, 0) is 43.0 Å². The molecule has 3 rings (SSSR count). The van der Waals surface area contributed by atoms with Gasteiger partial charge < -0.3 is 15.2 Å². The number of carbonyl (C=O) groups excluding carboxylic acids is 1. The lowest BCUT2D eigenvalue weighted by atomic mass is 10.1. The molecule has 1 aliphatic carbocycles. The lowest BCUT2D eigenvalue weighted by Crippen LogP contribution is -2.12. The molecule has 6 heteroatoms. The first kappa shape index (κ1) is 16.0. The highest BCUT2D eigenvalue weighted by Gasteiger charge is 2.43. The maximum absolute atomic E-state index is 12.2. The van der Waals surface area contributed by atoms with Crippen molar-refractivity contribution in [1.82, 2.24) is 4.98 Å². The van der Waals surface area contributed by atoms with Crippen molar-refractivity contribution in [2.75, 3.05) is 11.9 Å². The van der Waals surface area contributed by atoms with Crippen molar-refractivity contribution in [2.24, 2.45) is 5.92 Å². The van der Waals surface area contributed by atoms with Crippen LogP contribution in [0.1, 0.15) is 35.2 Å². The molecule has 1 aromatic carbocycles. The number of aliphatic carboxylic acids is 1. The van der Waals surface area contributed by atoms with E-state index >= 15 is 0 Å². The SMILES string of the molecule is CCOc1ccc(C(=O)Nc2ccc([C@@H]3C[C@H]3C(=O)O)cc2)cn1. The van der Waals surface area contributed by atoms with Gasteiger partial charge in [-0.1, -0.05) is 12.1 Å². The molecular weight excluding hydrogens is 308 g/mol. The van der Waals surface area contributed by atoms with Crippen molar-refractivity contribution in [3.63, 3.8) is 0 Å². The molecule has 2 N–H and O–H groups in total. The van der Waals surface area contributed by atoms with Gasteiger partial charge in [-0.2, -0.15) is 0 Å². The molecule has 0 saturated heterocycles. The number of rotatable bonds is 6. The molecule has 6 nitrogen and oxygen atoms in total. The highest BCUT2D eigenvalue weighted by atomic mass is 16.5. The minimum Gasteiger partial charge on any atom is -0.481 e. The summed E-state index contributed by atoms with van der Waals surface area (Å²) in [5.41, 5.74) is 2.09. The molecule has 1 saturated carbocycles. The Hall–Kier alpha value is -2.89. The van der Waals surface area contributed by atoms with Gasteiger partial charge in [-0.15, -0.1) is 0 Å². The predicted molar refractivity (Wildman–Crippen MR) is 88.3 cm³/mol. The average Bonchev–Trinajstić information content (AvgIpc) is 3.37. The predicted octanol–water partition coefficient (Wildman–Crippen LogP) is 2.92. The average molecular weight is 326 g/mol. The maximum Gasteiger partial charge on any atom is 0.307 e. The fraction of sp³-hybridized carbons (Fsp3) is 0.278. The van der Waals surface area contributed by atoms with Crippen molar-refractivity contribution in [2.45, 2.75) is 19.3 Å². The molecule has 24 heavy (non-hydrogen) atoms. The number of aromatic nitrogens is 1. The molecule has 0 aliphatic heterocycles. The molecule has 124 valence electrons. The molecule has 1 fully saturated rings. The number of anilines is 1. The smallest absolute Gasteiger partial charge is 0.307 e. The van der Waals surface area contributed by atoms with Crippen LogP contribution in [-0.4, -0.2) is 28.6 Å². The lowest BCUT2D eigenvalue weighted by molar-refractivity contribution is -0.138. The number of pyridine rings is 1. The summed E-state index contributed by atoms with van der Waals surface area (Å²) in [6.45, 7) is 2.39. The first-order valence-corrected chi connectivity index (χ1v) is 7.81. The van der Waals surface area contributed by atoms with E-state index in [1.54, 1.807) is 24.3 Å². The van der Waals surface area contributed by atoms with Crippen LogP contribution in [0.2, 0.25) is 0 Å². The Bertz CT molecular complexity index is 741. The minimum absolute atomic E-state index is 0.0857. The summed E-state index contributed by atoms with van der Waals surface area (Å²) in [6.07, 6.45) is 2.15. The molecule has 0 radical (unpaired) electrons. The third kappa shape index (κ3) is 3.53. The van der Waals surface area contributed by atoms with Crippen LogP contribution in [0.5, 0.6) is 5.88 Å². The van der Waals surface area contributed by atoms with Gasteiger partial charge >= 0.3 is 5.97 Å². The van der Waals surface area contributed by atoms with Crippen LogP contribution in [0, 0.1) is 5.92 Å². The Kier molecular flexibility index (Phi) is 4.46. The van der Waals surface area contributed by atoms with E-state index in [2.05, 4.69) is 10.3 Å². The number of carboxylic acid groups (broad SMARTS) is 1. The number of hydrogen-bond acceptors (Lipinski definition) is 4. The zero-order chi connectivity index (χ0) is 17.1. The Morgan fingerprint density at radius 3 is 2.54 bits per heavy atom. The summed E-state index contributed by atoms with van der Waals surface area (Å²) < 4.78 is 5.24. The van der Waals surface area contributed by atoms with Crippen molar-refractivity contribution in [1.29, 1.82) is 0 Å². The van der Waals surface area contributed by atoms with Gasteiger partial charge in [-0.25, -0.2) is 4.98 Å². The Morgan fingerprint density at radius 2 is 2.00 bits per heavy atom. The van der Waals surface area contributed by atoms with E-state index in [1.807, 2.05) is 19.1 Å². The zero-order valence-corrected chi connectivity index (χ0v) is 13.2. The molecular formula is C18H18N2O4. The summed E-state index contributed by atoms with van der Waals surface area (Å²) in [5, 5.41) is 11.8. The standard InChI is InChI=1S/C18H18N2O4/c1-2-24-16-8-5-12(10-19-16)17(21)20-13-6-3-11(4-7-13)14-9-15(14)18(22)23/h3-8,10,14-15H,2,9H2,1H3,(H,20,21)(H,22,23)/t14-,15+/m0/s1. The van der Waals surface area contributed by atoms with Crippen LogP contribution in [0.3, 0.4) is 0 Å². The summed E-state index contributed by atoms with van der Waals surface area (Å²) in [5.74, 6) is -0.715. The maximum atomic E-state index is 12.2. The minimum atomic E-state index is -0.750. The first-order chi connectivity index (χ1) is 11.6. The second-order valence-electron chi connectivity index (χ2n) is 5.68. The topological polar surface area (TPSA) is 88.5 Å². The van der Waals surface area contributed by atoms with E-state index in [0.717, 1.165) is 5.56 Å². The normalized spacial score (nSPS) is 18.7. The van der Waals surface area contributed by atoms with Gasteiger partial charge in [0.2, 0.25) is 5.88 Å². The molecule has 0 unspecified atom stereocenters. The van der Waals surface area contributed by atoms with E-state index in [0.29, 0.717) is 30.2 Å². The van der Waals surface area contributed by atoms with E-state index in [-0.39, 0.29) is 17.7 Å². The third-order valence-corrected chi connectivity index (χ3v) is 4.00. The molecule has 0 spiro atoms. The molecule has 1 heterocycles. The fourth-order valence-corrected chi connectivity index (χ4v) is 2.60. The van der Waals surface area contributed by atoms with Crippen molar-refractivity contribution >= 4 is 17.6 Å². The van der Waals surface area contributed by atoms with E-state index in [1.165, 1.54) is 6.20 Å². The van der Waals surface area contributed by atoms with Crippen LogP contribution in [0.4, 0.5) is 5.69 Å². The van der Waals surface area contributed by atoms with Crippen LogP contribution in [0.15, 0.2) is 42.6 Å². The molecule has 2 aromatic rings. The van der Waals surface area contributed by atoms with Crippen molar-refractivity contribution in [3.8, 4) is 5.88 Å². The van der Waals surface area contributed by atoms with Crippen LogP contribution in [0.25, 0.3) is 0 Å². The summed E-state index contributed by atoms with van der Waals surface area (Å²) in [6, 6.07) is 10.6. The largest absolute Gasteiger partial charge is 0.481 e. The first-order valence-electron chi connectivity index (χ1n) is 7.81. The number of nitrogens with zero attached hydrogens (tertiary/aromatic N) is 1. The van der Waals surface area contributed by atoms with E-state index in [9.17, 15) is 9.59 Å². The number of ether oxygens (including phenoxy) is 1. The Balaban J connectivity index is 1.61. The van der Waals surface area contributed by atoms with Crippen LogP contribution >= 0.6 is 0 Å². The van der Waals surface area contributed by atoms with E-state index in [4.69, 9.17) is 9.84 Å². The summed E-state index contributed by atoms with van der Waals surface area (Å²) >= 11 is 0. The molecule has 0 bridgehead atoms.